The lowest BCUT2D eigenvalue weighted by Crippen LogP contribution is -2.40. The number of fused-ring (bicyclic) bond motifs is 1. The lowest BCUT2D eigenvalue weighted by Gasteiger charge is -2.34. The van der Waals surface area contributed by atoms with Crippen LogP contribution in [0.25, 0.3) is 0 Å². The standard InChI is InChI=1S/C17H25NOS/c1-17(2,3)14(12-20)11-18-15-9-5-4-7-13(15)8-6-10-16(18)19/h4-5,7,9,14,20H,6,8,10-12H2,1-3H3. The summed E-state index contributed by atoms with van der Waals surface area (Å²) in [5.41, 5.74) is 2.56. The van der Waals surface area contributed by atoms with E-state index >= 15 is 0 Å². The molecule has 20 heavy (non-hydrogen) atoms. The number of nitrogens with zero attached hydrogens (tertiary/aromatic N) is 1. The van der Waals surface area contributed by atoms with E-state index in [1.165, 1.54) is 5.56 Å². The van der Waals surface area contributed by atoms with Crippen molar-refractivity contribution in [3.8, 4) is 0 Å². The molecule has 0 bridgehead atoms. The van der Waals surface area contributed by atoms with E-state index in [1.54, 1.807) is 0 Å². The van der Waals surface area contributed by atoms with Crippen LogP contribution in [0.1, 0.15) is 39.2 Å². The summed E-state index contributed by atoms with van der Waals surface area (Å²) in [6.07, 6.45) is 2.60. The van der Waals surface area contributed by atoms with Crippen molar-refractivity contribution in [2.24, 2.45) is 11.3 Å². The van der Waals surface area contributed by atoms with E-state index in [4.69, 9.17) is 0 Å². The van der Waals surface area contributed by atoms with Gasteiger partial charge in [0.25, 0.3) is 0 Å². The fourth-order valence-electron chi connectivity index (χ4n) is 2.71. The molecule has 110 valence electrons. The lowest BCUT2D eigenvalue weighted by molar-refractivity contribution is -0.118. The second-order valence-electron chi connectivity index (χ2n) is 6.73. The van der Waals surface area contributed by atoms with E-state index < -0.39 is 0 Å². The van der Waals surface area contributed by atoms with Crippen LogP contribution in [-0.4, -0.2) is 18.2 Å². The van der Waals surface area contributed by atoms with E-state index in [1.807, 2.05) is 11.0 Å². The average molecular weight is 291 g/mol. The van der Waals surface area contributed by atoms with Gasteiger partial charge in [0, 0.05) is 18.7 Å². The molecule has 1 aromatic rings. The van der Waals surface area contributed by atoms with E-state index in [0.717, 1.165) is 30.8 Å². The SMILES string of the molecule is CC(C)(C)C(CS)CN1C(=O)CCCc2ccccc21. The Labute approximate surface area is 128 Å². The van der Waals surface area contributed by atoms with Crippen molar-refractivity contribution in [2.75, 3.05) is 17.2 Å². The number of aryl methyl sites for hydroxylation is 1. The van der Waals surface area contributed by atoms with Gasteiger partial charge in [-0.2, -0.15) is 12.6 Å². The highest BCUT2D eigenvalue weighted by Gasteiger charge is 2.29. The molecular formula is C17H25NOS. The summed E-state index contributed by atoms with van der Waals surface area (Å²) < 4.78 is 0. The van der Waals surface area contributed by atoms with Crippen LogP contribution in [0.4, 0.5) is 5.69 Å². The van der Waals surface area contributed by atoms with Crippen LogP contribution >= 0.6 is 12.6 Å². The monoisotopic (exact) mass is 291 g/mol. The van der Waals surface area contributed by atoms with Crippen LogP contribution in [0.5, 0.6) is 0 Å². The molecule has 2 rings (SSSR count). The van der Waals surface area contributed by atoms with Crippen molar-refractivity contribution in [3.05, 3.63) is 29.8 Å². The lowest BCUT2D eigenvalue weighted by atomic mass is 9.81. The topological polar surface area (TPSA) is 20.3 Å². The third-order valence-electron chi connectivity index (χ3n) is 4.27. The Morgan fingerprint density at radius 3 is 2.60 bits per heavy atom. The maximum absolute atomic E-state index is 12.5. The third kappa shape index (κ3) is 3.38. The summed E-state index contributed by atoms with van der Waals surface area (Å²) in [7, 11) is 0. The minimum Gasteiger partial charge on any atom is -0.312 e. The van der Waals surface area contributed by atoms with Crippen LogP contribution in [0.3, 0.4) is 0 Å². The van der Waals surface area contributed by atoms with Crippen molar-refractivity contribution < 1.29 is 4.79 Å². The van der Waals surface area contributed by atoms with Crippen molar-refractivity contribution >= 4 is 24.2 Å². The zero-order chi connectivity index (χ0) is 14.8. The predicted molar refractivity (Wildman–Crippen MR) is 88.5 cm³/mol. The normalized spacial score (nSPS) is 17.6. The molecule has 0 aromatic heterocycles. The Balaban J connectivity index is 2.31. The fourth-order valence-corrected chi connectivity index (χ4v) is 3.37. The second-order valence-corrected chi connectivity index (χ2v) is 7.10. The number of hydrogen-bond donors (Lipinski definition) is 1. The highest BCUT2D eigenvalue weighted by atomic mass is 32.1. The molecule has 1 unspecified atom stereocenters. The minimum absolute atomic E-state index is 0.156. The number of para-hydroxylation sites is 1. The molecule has 1 heterocycles. The summed E-state index contributed by atoms with van der Waals surface area (Å²) in [5, 5.41) is 0. The number of carbonyl (C=O) groups is 1. The van der Waals surface area contributed by atoms with E-state index in [0.29, 0.717) is 12.3 Å². The molecule has 1 aliphatic rings. The number of thiol groups is 1. The fraction of sp³-hybridized carbons (Fsp3) is 0.588. The summed E-state index contributed by atoms with van der Waals surface area (Å²) in [6, 6.07) is 8.31. The van der Waals surface area contributed by atoms with Gasteiger partial charge in [-0.3, -0.25) is 4.79 Å². The van der Waals surface area contributed by atoms with Gasteiger partial charge in [-0.15, -0.1) is 0 Å². The number of amides is 1. The smallest absolute Gasteiger partial charge is 0.227 e. The first kappa shape index (κ1) is 15.4. The second kappa shape index (κ2) is 6.21. The molecule has 3 heteroatoms. The minimum atomic E-state index is 0.156. The van der Waals surface area contributed by atoms with Crippen LogP contribution in [-0.2, 0) is 11.2 Å². The first-order valence-corrected chi connectivity index (χ1v) is 8.06. The Morgan fingerprint density at radius 2 is 1.95 bits per heavy atom. The first-order valence-electron chi connectivity index (χ1n) is 7.42. The molecule has 0 saturated heterocycles. The van der Waals surface area contributed by atoms with Gasteiger partial charge in [0.2, 0.25) is 5.91 Å². The van der Waals surface area contributed by atoms with Crippen LogP contribution in [0, 0.1) is 11.3 Å². The van der Waals surface area contributed by atoms with Gasteiger partial charge in [0.1, 0.15) is 0 Å². The Morgan fingerprint density at radius 1 is 1.25 bits per heavy atom. The number of benzene rings is 1. The van der Waals surface area contributed by atoms with Gasteiger partial charge in [0.05, 0.1) is 0 Å². The summed E-state index contributed by atoms with van der Waals surface area (Å²) in [6.45, 7) is 7.44. The molecule has 0 radical (unpaired) electrons. The van der Waals surface area contributed by atoms with Crippen molar-refractivity contribution in [2.45, 2.75) is 40.0 Å². The van der Waals surface area contributed by atoms with Gasteiger partial charge in [-0.1, -0.05) is 39.0 Å². The Hall–Kier alpha value is -0.960. The molecule has 0 aliphatic carbocycles. The molecule has 2 nitrogen and oxygen atoms in total. The maximum atomic E-state index is 12.5. The highest BCUT2D eigenvalue weighted by Crippen LogP contribution is 2.32. The zero-order valence-electron chi connectivity index (χ0n) is 12.7. The van der Waals surface area contributed by atoms with Gasteiger partial charge in [-0.25, -0.2) is 0 Å². The molecule has 0 fully saturated rings. The van der Waals surface area contributed by atoms with Gasteiger partial charge in [0.15, 0.2) is 0 Å². The Kier molecular flexibility index (Phi) is 4.79. The molecule has 1 aromatic carbocycles. The quantitative estimate of drug-likeness (QED) is 0.836. The van der Waals surface area contributed by atoms with Crippen LogP contribution < -0.4 is 4.90 Å². The van der Waals surface area contributed by atoms with E-state index in [2.05, 4.69) is 51.6 Å². The van der Waals surface area contributed by atoms with E-state index in [-0.39, 0.29) is 11.3 Å². The van der Waals surface area contributed by atoms with Crippen molar-refractivity contribution in [3.63, 3.8) is 0 Å². The van der Waals surface area contributed by atoms with Crippen molar-refractivity contribution in [1.82, 2.24) is 0 Å². The predicted octanol–water partition coefficient (Wildman–Crippen LogP) is 3.95. The highest BCUT2D eigenvalue weighted by molar-refractivity contribution is 7.80. The number of hydrogen-bond acceptors (Lipinski definition) is 2. The molecule has 0 N–H and O–H groups in total. The van der Waals surface area contributed by atoms with Gasteiger partial charge in [-0.05, 0) is 41.6 Å². The zero-order valence-corrected chi connectivity index (χ0v) is 13.6. The van der Waals surface area contributed by atoms with Crippen LogP contribution in [0.15, 0.2) is 24.3 Å². The van der Waals surface area contributed by atoms with Crippen molar-refractivity contribution in [1.29, 1.82) is 0 Å². The summed E-state index contributed by atoms with van der Waals surface area (Å²) in [4.78, 5) is 14.5. The molecule has 0 spiro atoms. The van der Waals surface area contributed by atoms with E-state index in [9.17, 15) is 4.79 Å². The largest absolute Gasteiger partial charge is 0.312 e. The average Bonchev–Trinajstić information content (AvgIpc) is 2.54. The maximum Gasteiger partial charge on any atom is 0.227 e. The summed E-state index contributed by atoms with van der Waals surface area (Å²) >= 11 is 4.50. The van der Waals surface area contributed by atoms with Gasteiger partial charge < -0.3 is 4.90 Å². The molecule has 0 saturated carbocycles. The summed E-state index contributed by atoms with van der Waals surface area (Å²) in [5.74, 6) is 1.45. The molecule has 1 amide bonds. The molecule has 1 atom stereocenters. The van der Waals surface area contributed by atoms with Gasteiger partial charge >= 0.3 is 0 Å². The molecule has 1 aliphatic heterocycles. The Bertz CT molecular complexity index is 478. The number of anilines is 1. The van der Waals surface area contributed by atoms with Crippen LogP contribution in [0.2, 0.25) is 0 Å². The number of carbonyl (C=O) groups excluding carboxylic acids is 1. The molecular weight excluding hydrogens is 266 g/mol. The third-order valence-corrected chi connectivity index (χ3v) is 4.71. The first-order chi connectivity index (χ1) is 9.43. The number of rotatable bonds is 3.